The normalized spacial score (nSPS) is 10.8. The molecule has 0 aliphatic heterocycles. The molecule has 4 N–H and O–H groups in total. The number of non-ortho nitro benzene ring substituents is 1. The van der Waals surface area contributed by atoms with E-state index in [-0.39, 0.29) is 23.2 Å². The van der Waals surface area contributed by atoms with Crippen molar-refractivity contribution in [2.24, 2.45) is 0 Å². The second-order valence-electron chi connectivity index (χ2n) is 6.21. The Labute approximate surface area is 172 Å². The Morgan fingerprint density at radius 3 is 2.23 bits per heavy atom. The highest BCUT2D eigenvalue weighted by atomic mass is 16.6. The van der Waals surface area contributed by atoms with E-state index in [0.29, 0.717) is 12.1 Å². The number of pyridine rings is 1. The van der Waals surface area contributed by atoms with Crippen LogP contribution in [-0.4, -0.2) is 27.8 Å². The highest BCUT2D eigenvalue weighted by Gasteiger charge is 2.17. The standard InChI is InChI=1S/C14H15N3O.C7H5NO4/c15-13(9-11-5-2-1-3-6-11)14(18)17-12-7-4-8-16-10-12;9-7(10)5-1-3-6(4-2-5)8(11)12/h1-8,10,13H,9,15H2,(H,17,18);1-4H,(H,9,10)/t13-;/m0./s1. The number of nitrogens with zero attached hydrogens (tertiary/aromatic N) is 2. The first-order valence-electron chi connectivity index (χ1n) is 8.90. The van der Waals surface area contributed by atoms with E-state index in [1.165, 1.54) is 0 Å². The Morgan fingerprint density at radius 1 is 1.03 bits per heavy atom. The van der Waals surface area contributed by atoms with Crippen LogP contribution < -0.4 is 16.2 Å². The molecular weight excluding hydrogens is 388 g/mol. The zero-order chi connectivity index (χ0) is 21.9. The molecule has 1 heterocycles. The molecule has 154 valence electrons. The zero-order valence-corrected chi connectivity index (χ0v) is 15.9. The third-order valence-electron chi connectivity index (χ3n) is 3.94. The summed E-state index contributed by atoms with van der Waals surface area (Å²) in [6.07, 6.45) is 3.92. The smallest absolute Gasteiger partial charge is 0.282 e. The number of benzene rings is 2. The maximum Gasteiger partial charge on any atom is 0.282 e. The number of hydrogen-bond acceptors (Lipinski definition) is 6. The van der Waals surface area contributed by atoms with E-state index in [2.05, 4.69) is 16.0 Å². The lowest BCUT2D eigenvalue weighted by atomic mass is 10.1. The topological polar surface area (TPSA) is 153 Å². The second-order valence-corrected chi connectivity index (χ2v) is 6.21. The number of quaternary nitrogens is 1. The number of nitro benzene ring substituents is 1. The van der Waals surface area contributed by atoms with Crippen LogP contribution in [-0.2, 0) is 11.2 Å². The summed E-state index contributed by atoms with van der Waals surface area (Å²) in [5.74, 6) is -1.43. The molecule has 0 saturated carbocycles. The molecule has 1 aromatic heterocycles. The molecule has 0 fully saturated rings. The van der Waals surface area contributed by atoms with Gasteiger partial charge in [-0.25, -0.2) is 0 Å². The Kier molecular flexibility index (Phi) is 8.15. The molecule has 0 bridgehead atoms. The van der Waals surface area contributed by atoms with Gasteiger partial charge in [0, 0.05) is 24.8 Å². The molecule has 3 aromatic rings. The molecule has 0 spiro atoms. The summed E-state index contributed by atoms with van der Waals surface area (Å²) in [5, 5.41) is 23.1. The van der Waals surface area contributed by atoms with Crippen LogP contribution in [0.3, 0.4) is 0 Å². The van der Waals surface area contributed by atoms with Crippen LogP contribution in [0.5, 0.6) is 0 Å². The van der Waals surface area contributed by atoms with Gasteiger partial charge in [-0.3, -0.25) is 19.9 Å². The molecule has 30 heavy (non-hydrogen) atoms. The lowest BCUT2D eigenvalue weighted by Gasteiger charge is -2.09. The van der Waals surface area contributed by atoms with E-state index >= 15 is 0 Å². The fourth-order valence-electron chi connectivity index (χ4n) is 2.39. The van der Waals surface area contributed by atoms with E-state index in [4.69, 9.17) is 0 Å². The zero-order valence-electron chi connectivity index (χ0n) is 15.9. The third kappa shape index (κ3) is 7.13. The number of rotatable bonds is 6. The number of aromatic carboxylic acids is 1. The van der Waals surface area contributed by atoms with Gasteiger partial charge in [0.05, 0.1) is 22.8 Å². The number of aromatic nitrogens is 1. The van der Waals surface area contributed by atoms with Crippen LogP contribution in [0.25, 0.3) is 0 Å². The number of carboxylic acids is 1. The molecule has 0 radical (unpaired) electrons. The first-order valence-corrected chi connectivity index (χ1v) is 8.90. The first-order chi connectivity index (χ1) is 14.4. The van der Waals surface area contributed by atoms with Crippen molar-refractivity contribution < 1.29 is 25.4 Å². The number of nitrogens with one attached hydrogen (secondary N) is 1. The highest BCUT2D eigenvalue weighted by molar-refractivity contribution is 5.93. The van der Waals surface area contributed by atoms with Gasteiger partial charge in [0.25, 0.3) is 11.6 Å². The number of nitro groups is 1. The minimum absolute atomic E-state index is 0.0689. The van der Waals surface area contributed by atoms with Gasteiger partial charge in [-0.15, -0.1) is 0 Å². The van der Waals surface area contributed by atoms with Crippen LogP contribution in [0.2, 0.25) is 0 Å². The van der Waals surface area contributed by atoms with E-state index in [0.717, 1.165) is 29.8 Å². The lowest BCUT2D eigenvalue weighted by Crippen LogP contribution is -2.67. The molecule has 0 saturated heterocycles. The van der Waals surface area contributed by atoms with Crippen molar-refractivity contribution in [1.29, 1.82) is 0 Å². The number of amides is 1. The summed E-state index contributed by atoms with van der Waals surface area (Å²) in [7, 11) is 0. The largest absolute Gasteiger partial charge is 0.545 e. The van der Waals surface area contributed by atoms with E-state index in [1.54, 1.807) is 24.5 Å². The van der Waals surface area contributed by atoms with Gasteiger partial charge in [-0.1, -0.05) is 30.3 Å². The van der Waals surface area contributed by atoms with Crippen molar-refractivity contribution in [2.75, 3.05) is 5.32 Å². The summed E-state index contributed by atoms with van der Waals surface area (Å²) in [4.78, 5) is 35.6. The van der Waals surface area contributed by atoms with Gasteiger partial charge in [-0.05, 0) is 35.4 Å². The molecule has 1 atom stereocenters. The molecule has 1 amide bonds. The minimum atomic E-state index is -1.34. The Balaban J connectivity index is 0.000000232. The number of carboxylic acid groups (broad SMARTS) is 1. The van der Waals surface area contributed by atoms with E-state index in [1.807, 2.05) is 30.3 Å². The van der Waals surface area contributed by atoms with Crippen LogP contribution in [0, 0.1) is 10.1 Å². The van der Waals surface area contributed by atoms with Gasteiger partial charge in [0.1, 0.15) is 0 Å². The quantitative estimate of drug-likeness (QED) is 0.455. The number of carbonyl (C=O) groups is 2. The van der Waals surface area contributed by atoms with Crippen molar-refractivity contribution in [1.82, 2.24) is 4.98 Å². The van der Waals surface area contributed by atoms with E-state index in [9.17, 15) is 24.8 Å². The predicted octanol–water partition coefficient (Wildman–Crippen LogP) is 0.832. The summed E-state index contributed by atoms with van der Waals surface area (Å²) < 4.78 is 0. The molecule has 0 aliphatic carbocycles. The van der Waals surface area contributed by atoms with Gasteiger partial charge in [-0.2, -0.15) is 0 Å². The van der Waals surface area contributed by atoms with Crippen LogP contribution >= 0.6 is 0 Å². The van der Waals surface area contributed by atoms with Crippen molar-refractivity contribution in [3.63, 3.8) is 0 Å². The van der Waals surface area contributed by atoms with Gasteiger partial charge in [0.2, 0.25) is 0 Å². The molecule has 3 rings (SSSR count). The first kappa shape index (κ1) is 22.2. The van der Waals surface area contributed by atoms with Crippen molar-refractivity contribution in [2.45, 2.75) is 12.5 Å². The molecule has 9 heteroatoms. The van der Waals surface area contributed by atoms with E-state index < -0.39 is 10.9 Å². The number of carbonyl (C=O) groups excluding carboxylic acids is 2. The minimum Gasteiger partial charge on any atom is -0.545 e. The third-order valence-corrected chi connectivity index (χ3v) is 3.94. The summed E-state index contributed by atoms with van der Waals surface area (Å²) in [6, 6.07) is 17.6. The van der Waals surface area contributed by atoms with Gasteiger partial charge < -0.3 is 21.0 Å². The highest BCUT2D eigenvalue weighted by Crippen LogP contribution is 2.11. The molecule has 9 nitrogen and oxygen atoms in total. The fourth-order valence-corrected chi connectivity index (χ4v) is 2.39. The van der Waals surface area contributed by atoms with Gasteiger partial charge in [0.15, 0.2) is 6.04 Å². The molecular formula is C21H20N4O5. The average molecular weight is 408 g/mol. The van der Waals surface area contributed by atoms with Crippen molar-refractivity contribution in [3.8, 4) is 0 Å². The van der Waals surface area contributed by atoms with Crippen LogP contribution in [0.15, 0.2) is 79.1 Å². The monoisotopic (exact) mass is 408 g/mol. The number of anilines is 1. The summed E-state index contributed by atoms with van der Waals surface area (Å²) >= 11 is 0. The second kappa shape index (κ2) is 11.0. The molecule has 0 unspecified atom stereocenters. The van der Waals surface area contributed by atoms with Crippen molar-refractivity contribution in [3.05, 3.63) is 100 Å². The molecule has 0 aliphatic rings. The summed E-state index contributed by atoms with van der Waals surface area (Å²) in [6.45, 7) is 0. The average Bonchev–Trinajstić information content (AvgIpc) is 2.75. The van der Waals surface area contributed by atoms with Crippen LogP contribution in [0.1, 0.15) is 15.9 Å². The van der Waals surface area contributed by atoms with Gasteiger partial charge >= 0.3 is 0 Å². The Hall–Kier alpha value is -4.11. The maximum atomic E-state index is 11.9. The fraction of sp³-hybridized carbons (Fsp3) is 0.0952. The maximum absolute atomic E-state index is 11.9. The lowest BCUT2D eigenvalue weighted by molar-refractivity contribution is -0.402. The number of hydrogen-bond donors (Lipinski definition) is 2. The SMILES string of the molecule is O=C([O-])c1ccc([N+](=O)[O-])cc1.[NH3+][C@@H](Cc1ccccc1)C(=O)Nc1cccnc1. The van der Waals surface area contributed by atoms with Crippen molar-refractivity contribution >= 4 is 23.3 Å². The molecule has 2 aromatic carbocycles. The van der Waals surface area contributed by atoms with Crippen LogP contribution in [0.4, 0.5) is 11.4 Å². The summed E-state index contributed by atoms with van der Waals surface area (Å²) in [5.41, 5.74) is 5.50. The Morgan fingerprint density at radius 2 is 1.70 bits per heavy atom. The Bertz CT molecular complexity index is 946. The predicted molar refractivity (Wildman–Crippen MR) is 107 cm³/mol.